The van der Waals surface area contributed by atoms with Gasteiger partial charge in [-0.15, -0.1) is 0 Å². The van der Waals surface area contributed by atoms with Gasteiger partial charge >= 0.3 is 11.9 Å². The lowest BCUT2D eigenvalue weighted by atomic mass is 10.2. The fraction of sp³-hybridized carbons (Fsp3) is 0.458. The molecule has 35 heavy (non-hydrogen) atoms. The van der Waals surface area contributed by atoms with Crippen molar-refractivity contribution in [3.63, 3.8) is 0 Å². The number of hydrogen-bond acceptors (Lipinski definition) is 9. The van der Waals surface area contributed by atoms with Crippen LogP contribution in [0.15, 0.2) is 22.8 Å². The average molecular weight is 501 g/mol. The van der Waals surface area contributed by atoms with Crippen LogP contribution < -0.4 is 0 Å². The van der Waals surface area contributed by atoms with Crippen molar-refractivity contribution < 1.29 is 28.2 Å². The van der Waals surface area contributed by atoms with Crippen LogP contribution in [-0.2, 0) is 23.8 Å². The molecule has 1 fully saturated rings. The molecule has 0 spiro atoms. The number of unbranched alkanes of at least 4 members (excludes halogenated alkanes) is 3. The Hall–Kier alpha value is -3.42. The molecule has 0 aromatic carbocycles. The van der Waals surface area contributed by atoms with Crippen LogP contribution in [-0.4, -0.2) is 50.3 Å². The zero-order chi connectivity index (χ0) is 24.9. The Morgan fingerprint density at radius 3 is 2.69 bits per heavy atom. The van der Waals surface area contributed by atoms with Crippen LogP contribution in [0.3, 0.4) is 0 Å². The first-order valence-electron chi connectivity index (χ1n) is 11.3. The summed E-state index contributed by atoms with van der Waals surface area (Å²) in [5.74, 6) is 5.92. The summed E-state index contributed by atoms with van der Waals surface area (Å²) in [6.07, 6.45) is 2.69. The smallest absolute Gasteiger partial charge is 0.303 e. The summed E-state index contributed by atoms with van der Waals surface area (Å²) in [6.45, 7) is 4.67. The Bertz CT molecular complexity index is 1280. The van der Waals surface area contributed by atoms with Crippen LogP contribution in [0.4, 0.5) is 0 Å². The molecule has 0 bridgehead atoms. The third-order valence-electron chi connectivity index (χ3n) is 5.30. The Morgan fingerprint density at radius 1 is 1.20 bits per heavy atom. The molecule has 11 heteroatoms. The number of hydrogen-bond donors (Lipinski definition) is 0. The van der Waals surface area contributed by atoms with E-state index in [-0.39, 0.29) is 17.6 Å². The van der Waals surface area contributed by atoms with E-state index in [1.165, 1.54) is 20.1 Å². The molecule has 10 nitrogen and oxygen atoms in total. The first-order chi connectivity index (χ1) is 16.9. The predicted octanol–water partition coefficient (Wildman–Crippen LogP) is 4.06. The summed E-state index contributed by atoms with van der Waals surface area (Å²) in [6, 6.07) is 3.42. The molecule has 0 unspecified atom stereocenters. The largest absolute Gasteiger partial charge is 0.461 e. The van der Waals surface area contributed by atoms with Gasteiger partial charge in [-0.05, 0) is 24.5 Å². The van der Waals surface area contributed by atoms with E-state index in [2.05, 4.69) is 33.7 Å². The van der Waals surface area contributed by atoms with Gasteiger partial charge in [0.15, 0.2) is 40.8 Å². The third kappa shape index (κ3) is 5.47. The second kappa shape index (κ2) is 10.9. The van der Waals surface area contributed by atoms with Crippen LogP contribution in [0.1, 0.15) is 58.5 Å². The molecule has 0 N–H and O–H groups in total. The SMILES string of the molecule is CCCCCC#Cc1nc(Cl)c2nc(-c3ccco3)n([C@@H]3OC[C@@H](OC(C)=O)[C@H]3OC(C)=O)c2n1. The molecule has 1 aliphatic rings. The number of imidazole rings is 1. The van der Waals surface area contributed by atoms with Gasteiger partial charge in [0.1, 0.15) is 5.52 Å². The van der Waals surface area contributed by atoms with E-state index in [0.29, 0.717) is 29.2 Å². The average Bonchev–Trinajstić information content (AvgIpc) is 3.53. The second-order valence-electron chi connectivity index (χ2n) is 8.00. The van der Waals surface area contributed by atoms with Crippen LogP contribution >= 0.6 is 11.6 Å². The topological polar surface area (TPSA) is 119 Å². The number of aromatic nitrogens is 4. The molecule has 0 amide bonds. The number of furan rings is 1. The predicted molar refractivity (Wildman–Crippen MR) is 125 cm³/mol. The summed E-state index contributed by atoms with van der Waals surface area (Å²) >= 11 is 6.48. The molecular formula is C24H25ClN4O6. The van der Waals surface area contributed by atoms with Gasteiger partial charge in [0, 0.05) is 20.3 Å². The molecule has 4 heterocycles. The van der Waals surface area contributed by atoms with E-state index in [4.69, 9.17) is 30.2 Å². The summed E-state index contributed by atoms with van der Waals surface area (Å²) in [7, 11) is 0. The van der Waals surface area contributed by atoms with Gasteiger partial charge in [-0.25, -0.2) is 15.0 Å². The van der Waals surface area contributed by atoms with Crippen molar-refractivity contribution in [3.05, 3.63) is 29.4 Å². The van der Waals surface area contributed by atoms with E-state index in [1.807, 2.05) is 0 Å². The monoisotopic (exact) mass is 500 g/mol. The number of esters is 2. The Labute approximate surface area is 206 Å². The third-order valence-corrected chi connectivity index (χ3v) is 5.56. The van der Waals surface area contributed by atoms with Crippen molar-refractivity contribution in [3.8, 4) is 23.4 Å². The van der Waals surface area contributed by atoms with Gasteiger partial charge in [-0.3, -0.25) is 14.2 Å². The van der Waals surface area contributed by atoms with Crippen molar-refractivity contribution in [1.82, 2.24) is 19.5 Å². The number of nitrogens with zero attached hydrogens (tertiary/aromatic N) is 4. The van der Waals surface area contributed by atoms with Crippen molar-refractivity contribution in [2.45, 2.75) is 64.9 Å². The molecule has 0 saturated carbocycles. The van der Waals surface area contributed by atoms with E-state index < -0.39 is 30.4 Å². The standard InChI is InChI=1S/C24H25ClN4O6/c1-4-5-6-7-8-11-18-26-21(25)19-23(27-18)29(22(28-19)16-10-9-12-32-16)24-20(35-15(3)31)17(13-33-24)34-14(2)30/h9-10,12,17,20,24H,4-7,13H2,1-3H3/t17-,20-,24-/m1/s1. The van der Waals surface area contributed by atoms with E-state index in [0.717, 1.165) is 19.3 Å². The van der Waals surface area contributed by atoms with Crippen molar-refractivity contribution >= 4 is 34.7 Å². The van der Waals surface area contributed by atoms with Crippen LogP contribution in [0.5, 0.6) is 0 Å². The minimum Gasteiger partial charge on any atom is -0.461 e. The van der Waals surface area contributed by atoms with E-state index >= 15 is 0 Å². The van der Waals surface area contributed by atoms with Gasteiger partial charge in [-0.2, -0.15) is 0 Å². The highest BCUT2D eigenvalue weighted by Crippen LogP contribution is 2.37. The summed E-state index contributed by atoms with van der Waals surface area (Å²) < 4.78 is 24.0. The number of ether oxygens (including phenoxy) is 3. The molecule has 184 valence electrons. The highest BCUT2D eigenvalue weighted by atomic mass is 35.5. The highest BCUT2D eigenvalue weighted by Gasteiger charge is 2.45. The lowest BCUT2D eigenvalue weighted by molar-refractivity contribution is -0.164. The minimum absolute atomic E-state index is 0.00235. The molecule has 4 rings (SSSR count). The number of carbonyl (C=O) groups is 2. The Kier molecular flexibility index (Phi) is 7.68. The van der Waals surface area contributed by atoms with Gasteiger partial charge in [0.05, 0.1) is 12.9 Å². The summed E-state index contributed by atoms with van der Waals surface area (Å²) in [5, 5.41) is 0.109. The number of fused-ring (bicyclic) bond motifs is 1. The van der Waals surface area contributed by atoms with Gasteiger partial charge in [0.2, 0.25) is 5.82 Å². The summed E-state index contributed by atoms with van der Waals surface area (Å²) in [4.78, 5) is 37.0. The Balaban J connectivity index is 1.83. The molecular weight excluding hydrogens is 476 g/mol. The van der Waals surface area contributed by atoms with E-state index in [1.54, 1.807) is 16.7 Å². The lowest BCUT2D eigenvalue weighted by Gasteiger charge is -2.24. The Morgan fingerprint density at radius 2 is 2.00 bits per heavy atom. The normalized spacial score (nSPS) is 19.4. The zero-order valence-corrected chi connectivity index (χ0v) is 20.4. The second-order valence-corrected chi connectivity index (χ2v) is 8.36. The van der Waals surface area contributed by atoms with Gasteiger partial charge < -0.3 is 18.6 Å². The van der Waals surface area contributed by atoms with Crippen molar-refractivity contribution in [2.75, 3.05) is 6.61 Å². The first kappa shape index (κ1) is 24.7. The zero-order valence-electron chi connectivity index (χ0n) is 19.6. The van der Waals surface area contributed by atoms with Crippen LogP contribution in [0.25, 0.3) is 22.7 Å². The lowest BCUT2D eigenvalue weighted by Crippen LogP contribution is -2.36. The molecule has 3 aromatic rings. The van der Waals surface area contributed by atoms with Gasteiger partial charge in [-0.1, -0.05) is 37.3 Å². The molecule has 0 aliphatic carbocycles. The van der Waals surface area contributed by atoms with E-state index in [9.17, 15) is 9.59 Å². The van der Waals surface area contributed by atoms with Crippen molar-refractivity contribution in [2.24, 2.45) is 0 Å². The molecule has 1 aliphatic heterocycles. The molecule has 0 radical (unpaired) electrons. The van der Waals surface area contributed by atoms with Crippen molar-refractivity contribution in [1.29, 1.82) is 0 Å². The fourth-order valence-corrected chi connectivity index (χ4v) is 4.06. The quantitative estimate of drug-likeness (QED) is 0.205. The molecule has 1 saturated heterocycles. The number of halogens is 1. The molecule has 3 atom stereocenters. The number of carbonyl (C=O) groups excluding carboxylic acids is 2. The summed E-state index contributed by atoms with van der Waals surface area (Å²) in [5.41, 5.74) is 0.621. The van der Waals surface area contributed by atoms with Crippen LogP contribution in [0.2, 0.25) is 5.15 Å². The first-order valence-corrected chi connectivity index (χ1v) is 11.7. The fourth-order valence-electron chi connectivity index (χ4n) is 3.85. The maximum absolute atomic E-state index is 11.9. The highest BCUT2D eigenvalue weighted by molar-refractivity contribution is 6.33. The van der Waals surface area contributed by atoms with Crippen LogP contribution in [0, 0.1) is 11.8 Å². The maximum Gasteiger partial charge on any atom is 0.303 e. The van der Waals surface area contributed by atoms with Gasteiger partial charge in [0.25, 0.3) is 0 Å². The minimum atomic E-state index is -0.958. The molecule has 3 aromatic heterocycles. The number of rotatable bonds is 7. The maximum atomic E-state index is 11.9.